The molecule has 2 aliphatic heterocycles. The van der Waals surface area contributed by atoms with Gasteiger partial charge in [0.05, 0.1) is 13.1 Å². The minimum Gasteiger partial charge on any atom is -0.368 e. The largest absolute Gasteiger partial charge is 0.368 e. The number of nitrogens with one attached hydrogen (secondary N) is 4. The van der Waals surface area contributed by atoms with Gasteiger partial charge in [-0.3, -0.25) is 39.8 Å². The molecule has 0 radical (unpaired) electrons. The van der Waals surface area contributed by atoms with E-state index in [0.29, 0.717) is 22.7 Å². The lowest BCUT2D eigenvalue weighted by Crippen LogP contribution is -2.41. The van der Waals surface area contributed by atoms with E-state index in [2.05, 4.69) is 31.5 Å². The van der Waals surface area contributed by atoms with Crippen LogP contribution in [0.15, 0.2) is 76.7 Å². The molecule has 0 bridgehead atoms. The molecule has 0 atom stereocenters. The molecule has 0 aliphatic carbocycles. The lowest BCUT2D eigenvalue weighted by atomic mass is 10.1. The highest BCUT2D eigenvalue weighted by Crippen LogP contribution is 2.28. The van der Waals surface area contributed by atoms with Gasteiger partial charge >= 0.3 is 12.1 Å². The summed E-state index contributed by atoms with van der Waals surface area (Å²) in [5, 5.41) is 6.49. The number of carbonyl (C=O) groups excluding carboxylic acids is 3. The molecule has 5 amide bonds. The Hall–Kier alpha value is -5.43. The Morgan fingerprint density at radius 3 is 1.38 bits per heavy atom. The minimum atomic E-state index is -0.415. The van der Waals surface area contributed by atoms with Gasteiger partial charge in [-0.15, -0.1) is 0 Å². The van der Waals surface area contributed by atoms with E-state index in [0.717, 1.165) is 49.0 Å². The van der Waals surface area contributed by atoms with Crippen molar-refractivity contribution in [2.24, 2.45) is 9.98 Å². The first kappa shape index (κ1) is 31.0. The van der Waals surface area contributed by atoms with Crippen molar-refractivity contribution in [3.05, 3.63) is 83.4 Å². The van der Waals surface area contributed by atoms with Gasteiger partial charge < -0.3 is 10.6 Å². The number of urea groups is 2. The van der Waals surface area contributed by atoms with Crippen LogP contribution in [0.2, 0.25) is 0 Å². The molecule has 13 heteroatoms. The Morgan fingerprint density at radius 2 is 1.02 bits per heavy atom. The summed E-state index contributed by atoms with van der Waals surface area (Å²) in [7, 11) is 8.20. The van der Waals surface area contributed by atoms with Crippen molar-refractivity contribution in [3.63, 3.8) is 0 Å². The second kappa shape index (κ2) is 13.5. The molecule has 45 heavy (non-hydrogen) atoms. The number of hydrogen-bond donors (Lipinski definition) is 4. The van der Waals surface area contributed by atoms with Crippen molar-refractivity contribution in [3.8, 4) is 0 Å². The molecule has 0 saturated carbocycles. The predicted molar refractivity (Wildman–Crippen MR) is 179 cm³/mol. The van der Waals surface area contributed by atoms with E-state index in [9.17, 15) is 14.4 Å². The normalized spacial score (nSPS) is 13.6. The molecule has 4 N–H and O–H groups in total. The van der Waals surface area contributed by atoms with Crippen LogP contribution < -0.4 is 41.1 Å². The first-order chi connectivity index (χ1) is 21.7. The zero-order valence-corrected chi connectivity index (χ0v) is 26.1. The van der Waals surface area contributed by atoms with Gasteiger partial charge in [-0.1, -0.05) is 0 Å². The molecule has 3 aromatic carbocycles. The molecule has 3 aromatic rings. The summed E-state index contributed by atoms with van der Waals surface area (Å²) < 4.78 is 0. The fraction of sp³-hybridized carbons (Fsp3) is 0.281. The minimum absolute atomic E-state index is 0.268. The highest BCUT2D eigenvalue weighted by Gasteiger charge is 2.24. The Bertz CT molecular complexity index is 1530. The number of hydrazine groups is 1. The van der Waals surface area contributed by atoms with Crippen molar-refractivity contribution >= 4 is 52.4 Å². The molecule has 234 valence electrons. The van der Waals surface area contributed by atoms with E-state index in [1.807, 2.05) is 48.5 Å². The zero-order valence-electron chi connectivity index (χ0n) is 26.1. The van der Waals surface area contributed by atoms with Crippen LogP contribution in [0.3, 0.4) is 0 Å². The van der Waals surface area contributed by atoms with Gasteiger partial charge in [0.25, 0.3) is 5.91 Å². The molecule has 0 unspecified atom stereocenters. The number of benzene rings is 3. The van der Waals surface area contributed by atoms with Gasteiger partial charge in [-0.05, 0) is 66.7 Å². The second-order valence-corrected chi connectivity index (χ2v) is 10.7. The first-order valence-electron chi connectivity index (χ1n) is 14.6. The number of anilines is 4. The Kier molecular flexibility index (Phi) is 9.28. The number of amides is 5. The average molecular weight is 611 g/mol. The number of nitrogens with zero attached hydrogens (tertiary/aromatic N) is 6. The molecule has 0 saturated heterocycles. The van der Waals surface area contributed by atoms with Crippen molar-refractivity contribution in [2.75, 3.05) is 81.0 Å². The lowest BCUT2D eigenvalue weighted by molar-refractivity contribution is 0.0938. The van der Waals surface area contributed by atoms with Crippen LogP contribution in [-0.2, 0) is 0 Å². The summed E-state index contributed by atoms with van der Waals surface area (Å²) in [6, 6.07) is 19.4. The molecule has 5 rings (SSSR count). The van der Waals surface area contributed by atoms with Crippen LogP contribution in [0, 0.1) is 0 Å². The van der Waals surface area contributed by atoms with Gasteiger partial charge in [0.15, 0.2) is 0 Å². The topological polar surface area (TPSA) is 137 Å². The van der Waals surface area contributed by atoms with Crippen molar-refractivity contribution in [1.29, 1.82) is 0 Å². The van der Waals surface area contributed by atoms with E-state index >= 15 is 0 Å². The third-order valence-electron chi connectivity index (χ3n) is 7.73. The van der Waals surface area contributed by atoms with Crippen molar-refractivity contribution in [1.82, 2.24) is 21.5 Å². The Balaban J connectivity index is 1.37. The summed E-state index contributed by atoms with van der Waals surface area (Å²) >= 11 is 0. The van der Waals surface area contributed by atoms with Crippen molar-refractivity contribution in [2.45, 2.75) is 0 Å². The summed E-state index contributed by atoms with van der Waals surface area (Å²) in [6.45, 7) is 3.11. The maximum atomic E-state index is 13.6. The summed E-state index contributed by atoms with van der Waals surface area (Å²) in [5.41, 5.74) is 9.61. The molecular weight excluding hydrogens is 572 g/mol. The lowest BCUT2D eigenvalue weighted by Gasteiger charge is -2.28. The van der Waals surface area contributed by atoms with Crippen LogP contribution in [0.1, 0.15) is 21.5 Å². The number of carbonyl (C=O) groups is 3. The second-order valence-electron chi connectivity index (χ2n) is 10.7. The SMILES string of the molecule is CNNC(=O)c1cc(N(C)C(=O)N(C)c2ccc(C3=NCCN3)cc2)cc(N(C)C(=O)N(C)c2ccc(C3=NCCN3)cc2)c1. The molecular formula is C32H38N10O3. The molecule has 0 fully saturated rings. The molecule has 0 aromatic heterocycles. The standard InChI is InChI=1S/C32H38N10O3/c1-33-38-30(43)23-18-26(41(4)31(44)39(2)24-10-6-21(7-11-24)28-34-14-15-35-28)20-27(19-23)42(5)32(45)40(3)25-12-8-22(9-13-25)29-36-16-17-37-29/h6-13,18-20,33H,14-17H2,1-5H3,(H,34,35)(H,36,37)(H,38,43). The number of amidine groups is 2. The monoisotopic (exact) mass is 610 g/mol. The molecule has 2 aliphatic rings. The highest BCUT2D eigenvalue weighted by molar-refractivity contribution is 6.08. The maximum absolute atomic E-state index is 13.6. The fourth-order valence-electron chi connectivity index (χ4n) is 5.06. The van der Waals surface area contributed by atoms with Crippen LogP contribution >= 0.6 is 0 Å². The van der Waals surface area contributed by atoms with E-state index in [1.165, 1.54) is 19.6 Å². The average Bonchev–Trinajstić information content (AvgIpc) is 3.82. The van der Waals surface area contributed by atoms with Gasteiger partial charge in [-0.25, -0.2) is 15.0 Å². The van der Waals surface area contributed by atoms with E-state index in [1.54, 1.807) is 53.4 Å². The van der Waals surface area contributed by atoms with Gasteiger partial charge in [0.2, 0.25) is 0 Å². The quantitative estimate of drug-likeness (QED) is 0.290. The van der Waals surface area contributed by atoms with Gasteiger partial charge in [0, 0.05) is 87.8 Å². The van der Waals surface area contributed by atoms with Crippen LogP contribution in [0.5, 0.6) is 0 Å². The third kappa shape index (κ3) is 6.73. The highest BCUT2D eigenvalue weighted by atomic mass is 16.2. The number of aliphatic imine (C=N–C) groups is 2. The number of rotatable bonds is 8. The van der Waals surface area contributed by atoms with Crippen LogP contribution in [0.25, 0.3) is 0 Å². The summed E-state index contributed by atoms with van der Waals surface area (Å²) in [6.07, 6.45) is 0. The molecule has 2 heterocycles. The predicted octanol–water partition coefficient (Wildman–Crippen LogP) is 2.64. The molecule has 0 spiro atoms. The van der Waals surface area contributed by atoms with E-state index in [4.69, 9.17) is 0 Å². The van der Waals surface area contributed by atoms with E-state index < -0.39 is 5.91 Å². The smallest absolute Gasteiger partial charge is 0.328 e. The summed E-state index contributed by atoms with van der Waals surface area (Å²) in [4.78, 5) is 55.0. The van der Waals surface area contributed by atoms with Crippen LogP contribution in [0.4, 0.5) is 32.3 Å². The van der Waals surface area contributed by atoms with Gasteiger partial charge in [-0.2, -0.15) is 0 Å². The molecule has 13 nitrogen and oxygen atoms in total. The number of hydrogen-bond acceptors (Lipinski definition) is 8. The van der Waals surface area contributed by atoms with Gasteiger partial charge in [0.1, 0.15) is 11.7 Å². The van der Waals surface area contributed by atoms with Crippen molar-refractivity contribution < 1.29 is 14.4 Å². The Labute approximate surface area is 262 Å². The zero-order chi connectivity index (χ0) is 32.1. The fourth-order valence-corrected chi connectivity index (χ4v) is 5.06. The van der Waals surface area contributed by atoms with E-state index in [-0.39, 0.29) is 17.6 Å². The maximum Gasteiger partial charge on any atom is 0.328 e. The first-order valence-corrected chi connectivity index (χ1v) is 14.6. The summed E-state index contributed by atoms with van der Waals surface area (Å²) in [5.74, 6) is 1.27. The third-order valence-corrected chi connectivity index (χ3v) is 7.73. The van der Waals surface area contributed by atoms with Crippen LogP contribution in [-0.4, -0.2) is 91.1 Å². The Morgan fingerprint density at radius 1 is 0.622 bits per heavy atom.